The third-order valence-electron chi connectivity index (χ3n) is 18.6. The predicted octanol–water partition coefficient (Wildman–Crippen LogP) is 23.8. The summed E-state index contributed by atoms with van der Waals surface area (Å²) in [7, 11) is -9.91. The lowest BCUT2D eigenvalue weighted by atomic mass is 10.0. The summed E-state index contributed by atoms with van der Waals surface area (Å²) in [6, 6.07) is 0. The molecule has 0 aromatic heterocycles. The molecule has 0 aromatic carbocycles. The van der Waals surface area contributed by atoms with Gasteiger partial charge in [-0.1, -0.05) is 374 Å². The summed E-state index contributed by atoms with van der Waals surface area (Å²) in [4.78, 5) is 73.0. The smallest absolute Gasteiger partial charge is 0.462 e. The molecule has 582 valence electrons. The van der Waals surface area contributed by atoms with Gasteiger partial charge in [0.15, 0.2) is 12.2 Å². The summed E-state index contributed by atoms with van der Waals surface area (Å²) in [6.07, 6.45) is 65.0. The van der Waals surface area contributed by atoms with Crippen LogP contribution < -0.4 is 0 Å². The van der Waals surface area contributed by atoms with Gasteiger partial charge in [0.1, 0.15) is 19.3 Å². The van der Waals surface area contributed by atoms with E-state index in [1.54, 1.807) is 0 Å². The van der Waals surface area contributed by atoms with Gasteiger partial charge >= 0.3 is 39.5 Å². The molecule has 0 fully saturated rings. The molecule has 0 bridgehead atoms. The Kier molecular flexibility index (Phi) is 71.9. The molecule has 0 radical (unpaired) electrons. The monoisotopic (exact) mass is 1440 g/mol. The van der Waals surface area contributed by atoms with Crippen molar-refractivity contribution in [1.82, 2.24) is 0 Å². The van der Waals surface area contributed by atoms with Crippen LogP contribution in [0, 0.1) is 0 Å². The molecule has 3 N–H and O–H groups in total. The van der Waals surface area contributed by atoms with E-state index in [0.717, 1.165) is 89.9 Å². The van der Waals surface area contributed by atoms with Gasteiger partial charge in [-0.15, -0.1) is 0 Å². The van der Waals surface area contributed by atoms with E-state index < -0.39 is 97.5 Å². The van der Waals surface area contributed by atoms with Crippen LogP contribution >= 0.6 is 15.6 Å². The molecule has 98 heavy (non-hydrogen) atoms. The number of hydrogen-bond acceptors (Lipinski definition) is 15. The molecule has 0 aromatic rings. The van der Waals surface area contributed by atoms with Gasteiger partial charge in [-0.05, 0) is 25.7 Å². The van der Waals surface area contributed by atoms with Crippen LogP contribution in [0.3, 0.4) is 0 Å². The summed E-state index contributed by atoms with van der Waals surface area (Å²) in [5.41, 5.74) is 0. The Labute approximate surface area is 600 Å². The van der Waals surface area contributed by atoms with Crippen molar-refractivity contribution >= 4 is 39.5 Å². The minimum Gasteiger partial charge on any atom is -0.462 e. The summed E-state index contributed by atoms with van der Waals surface area (Å²) < 4.78 is 68.7. The standard InChI is InChI=1S/C79H154O17P2/c1-5-9-13-17-21-25-29-32-35-36-37-39-42-46-50-54-58-62-66-79(84)96-75(70-90-77(82)64-60-56-52-48-44-41-38-33-30-26-22-18-14-10-6-2)72-94-98(87,88)92-68-73(80)67-91-97(85,86)93-71-74(69-89-76(81)63-59-55-51-47-43-28-24-20-16-12-8-4)95-78(83)65-61-57-53-49-45-40-34-31-27-23-19-15-11-7-3/h73-75,80H,5-72H2,1-4H3,(H,85,86)(H,87,88)/t73-,74+,75+/m0/s1. The first-order valence-electron chi connectivity index (χ1n) is 41.3. The fraction of sp³-hybridized carbons (Fsp3) is 0.949. The number of carbonyl (C=O) groups excluding carboxylic acids is 4. The molecule has 0 aliphatic rings. The van der Waals surface area contributed by atoms with Crippen molar-refractivity contribution in [3.8, 4) is 0 Å². The summed E-state index contributed by atoms with van der Waals surface area (Å²) in [6.45, 7) is 5.02. The van der Waals surface area contributed by atoms with Gasteiger partial charge in [0.05, 0.1) is 26.4 Å². The maximum atomic E-state index is 13.1. The summed E-state index contributed by atoms with van der Waals surface area (Å²) in [5, 5.41) is 10.6. The Morgan fingerprint density at radius 2 is 0.408 bits per heavy atom. The Hall–Kier alpha value is -1.94. The molecule has 0 aliphatic carbocycles. The number of carbonyl (C=O) groups is 4. The highest BCUT2D eigenvalue weighted by Crippen LogP contribution is 2.45. The minimum absolute atomic E-state index is 0.109. The highest BCUT2D eigenvalue weighted by molar-refractivity contribution is 7.47. The first-order chi connectivity index (χ1) is 47.7. The quantitative estimate of drug-likeness (QED) is 0.0222. The highest BCUT2D eigenvalue weighted by atomic mass is 31.2. The number of aliphatic hydroxyl groups is 1. The Morgan fingerprint density at radius 3 is 0.602 bits per heavy atom. The number of phosphoric ester groups is 2. The van der Waals surface area contributed by atoms with Crippen molar-refractivity contribution in [3.05, 3.63) is 0 Å². The van der Waals surface area contributed by atoms with Crippen molar-refractivity contribution in [3.63, 3.8) is 0 Å². The van der Waals surface area contributed by atoms with E-state index >= 15 is 0 Å². The molecular weight excluding hydrogens is 1280 g/mol. The second-order valence-electron chi connectivity index (χ2n) is 28.5. The fourth-order valence-electron chi connectivity index (χ4n) is 12.3. The van der Waals surface area contributed by atoms with Gasteiger partial charge in [-0.3, -0.25) is 37.3 Å². The molecule has 0 spiro atoms. The first kappa shape index (κ1) is 96.1. The highest BCUT2D eigenvalue weighted by Gasteiger charge is 2.30. The average Bonchev–Trinajstić information content (AvgIpc) is 0.982. The molecular formula is C79H154O17P2. The van der Waals surface area contributed by atoms with Crippen LogP contribution in [0.4, 0.5) is 0 Å². The molecule has 0 rings (SSSR count). The zero-order valence-corrected chi connectivity index (χ0v) is 65.6. The lowest BCUT2D eigenvalue weighted by Crippen LogP contribution is -2.30. The lowest BCUT2D eigenvalue weighted by molar-refractivity contribution is -0.161. The SMILES string of the molecule is CCCCCCCCCCCCCCCCCCCCC(=O)O[C@H](COC(=O)CCCCCCCCCCCCCCCCC)COP(=O)(O)OC[C@@H](O)COP(=O)(O)OC[C@@H](COC(=O)CCCCCCCCCCCCC)OC(=O)CCCCCCCCCCCCCCCC. The van der Waals surface area contributed by atoms with Crippen molar-refractivity contribution in [2.24, 2.45) is 0 Å². The number of hydrogen-bond donors (Lipinski definition) is 3. The fourth-order valence-corrected chi connectivity index (χ4v) is 13.9. The van der Waals surface area contributed by atoms with E-state index in [2.05, 4.69) is 27.7 Å². The number of rotatable bonds is 80. The van der Waals surface area contributed by atoms with Crippen molar-refractivity contribution in [2.75, 3.05) is 39.6 Å². The second-order valence-corrected chi connectivity index (χ2v) is 31.4. The van der Waals surface area contributed by atoms with Gasteiger partial charge < -0.3 is 33.8 Å². The van der Waals surface area contributed by atoms with Crippen LogP contribution in [-0.4, -0.2) is 96.7 Å². The Morgan fingerprint density at radius 1 is 0.245 bits per heavy atom. The number of aliphatic hydroxyl groups excluding tert-OH is 1. The zero-order chi connectivity index (χ0) is 71.8. The van der Waals surface area contributed by atoms with Crippen molar-refractivity contribution < 1.29 is 80.2 Å². The predicted molar refractivity (Wildman–Crippen MR) is 400 cm³/mol. The van der Waals surface area contributed by atoms with Gasteiger partial charge in [0, 0.05) is 25.7 Å². The Bertz CT molecular complexity index is 1860. The van der Waals surface area contributed by atoms with E-state index in [1.807, 2.05) is 0 Å². The average molecular weight is 1440 g/mol. The summed E-state index contributed by atoms with van der Waals surface area (Å²) in [5.74, 6) is -2.10. The van der Waals surface area contributed by atoms with E-state index in [4.69, 9.17) is 37.0 Å². The first-order valence-corrected chi connectivity index (χ1v) is 44.3. The largest absolute Gasteiger partial charge is 0.472 e. The van der Waals surface area contributed by atoms with E-state index in [1.165, 1.54) is 257 Å². The molecule has 0 heterocycles. The molecule has 0 amide bonds. The van der Waals surface area contributed by atoms with Crippen LogP contribution in [0.1, 0.15) is 426 Å². The van der Waals surface area contributed by atoms with Crippen molar-refractivity contribution in [1.29, 1.82) is 0 Å². The van der Waals surface area contributed by atoms with E-state index in [9.17, 15) is 43.2 Å². The lowest BCUT2D eigenvalue weighted by Gasteiger charge is -2.21. The van der Waals surface area contributed by atoms with Crippen LogP contribution in [0.5, 0.6) is 0 Å². The van der Waals surface area contributed by atoms with Crippen LogP contribution in [0.25, 0.3) is 0 Å². The van der Waals surface area contributed by atoms with Crippen LogP contribution in [0.15, 0.2) is 0 Å². The van der Waals surface area contributed by atoms with E-state index in [0.29, 0.717) is 25.7 Å². The third kappa shape index (κ3) is 72.4. The summed E-state index contributed by atoms with van der Waals surface area (Å²) >= 11 is 0. The molecule has 0 aliphatic heterocycles. The topological polar surface area (TPSA) is 237 Å². The second kappa shape index (κ2) is 73.4. The molecule has 2 unspecified atom stereocenters. The van der Waals surface area contributed by atoms with Gasteiger partial charge in [0.25, 0.3) is 0 Å². The maximum absolute atomic E-state index is 13.1. The van der Waals surface area contributed by atoms with E-state index in [-0.39, 0.29) is 25.7 Å². The molecule has 17 nitrogen and oxygen atoms in total. The molecule has 0 saturated carbocycles. The van der Waals surface area contributed by atoms with Crippen LogP contribution in [0.2, 0.25) is 0 Å². The molecule has 19 heteroatoms. The number of esters is 4. The number of unbranched alkanes of at least 4 members (excludes halogenated alkanes) is 54. The Balaban J connectivity index is 5.24. The molecule has 5 atom stereocenters. The van der Waals surface area contributed by atoms with Crippen LogP contribution in [-0.2, 0) is 65.4 Å². The molecule has 0 saturated heterocycles. The normalized spacial score (nSPS) is 13.8. The van der Waals surface area contributed by atoms with Gasteiger partial charge in [-0.2, -0.15) is 0 Å². The maximum Gasteiger partial charge on any atom is 0.472 e. The third-order valence-corrected chi connectivity index (χ3v) is 20.5. The zero-order valence-electron chi connectivity index (χ0n) is 63.8. The van der Waals surface area contributed by atoms with Gasteiger partial charge in [-0.25, -0.2) is 9.13 Å². The minimum atomic E-state index is -4.96. The van der Waals surface area contributed by atoms with Gasteiger partial charge in [0.2, 0.25) is 0 Å². The number of ether oxygens (including phenoxy) is 4. The number of phosphoric acid groups is 2. The van der Waals surface area contributed by atoms with Crippen molar-refractivity contribution in [2.45, 2.75) is 444 Å².